The molecule has 0 aliphatic carbocycles. The Balaban J connectivity index is 2.12. The summed E-state index contributed by atoms with van der Waals surface area (Å²) in [6.07, 6.45) is 1.18. The molecule has 2 amide bonds. The number of anilines is 1. The van der Waals surface area contributed by atoms with Gasteiger partial charge in [-0.1, -0.05) is 6.07 Å². The number of fused-ring (bicyclic) bond motifs is 1. The van der Waals surface area contributed by atoms with Gasteiger partial charge in [-0.2, -0.15) is 0 Å². The fourth-order valence-electron chi connectivity index (χ4n) is 2.00. The van der Waals surface area contributed by atoms with Gasteiger partial charge in [0.25, 0.3) is 5.91 Å². The number of nitrogens with two attached hydrogens (primary N) is 1. The van der Waals surface area contributed by atoms with Crippen molar-refractivity contribution in [3.8, 4) is 0 Å². The molecule has 0 unspecified atom stereocenters. The molecule has 0 saturated carbocycles. The predicted octanol–water partition coefficient (Wildman–Crippen LogP) is 0.602. The molecule has 1 aromatic carbocycles. The normalized spacial score (nSPS) is 13.1. The van der Waals surface area contributed by atoms with Gasteiger partial charge in [0.05, 0.1) is 6.42 Å². The number of amides is 2. The molecule has 1 heterocycles. The van der Waals surface area contributed by atoms with E-state index >= 15 is 0 Å². The quantitative estimate of drug-likeness (QED) is 0.818. The number of hydrogen-bond donors (Lipinski definition) is 2. The third-order valence-electron chi connectivity index (χ3n) is 3.03. The van der Waals surface area contributed by atoms with E-state index in [0.717, 1.165) is 17.7 Å². The van der Waals surface area contributed by atoms with E-state index in [0.29, 0.717) is 25.1 Å². The topological polar surface area (TPSA) is 75.4 Å². The number of nitrogens with zero attached hydrogens (tertiary/aromatic N) is 1. The first kappa shape index (κ1) is 12.6. The highest BCUT2D eigenvalue weighted by atomic mass is 16.2. The van der Waals surface area contributed by atoms with E-state index in [1.165, 1.54) is 0 Å². The van der Waals surface area contributed by atoms with Crippen molar-refractivity contribution in [2.24, 2.45) is 5.73 Å². The third kappa shape index (κ3) is 2.51. The van der Waals surface area contributed by atoms with Crippen LogP contribution in [0.1, 0.15) is 22.3 Å². The third-order valence-corrected chi connectivity index (χ3v) is 3.03. The van der Waals surface area contributed by atoms with Crippen LogP contribution in [0.5, 0.6) is 0 Å². The van der Waals surface area contributed by atoms with Crippen LogP contribution in [0.3, 0.4) is 0 Å². The van der Waals surface area contributed by atoms with Crippen molar-refractivity contribution in [1.29, 1.82) is 0 Å². The standard InChI is InChI=1S/C13H17N3O2/c1-16(6-2-5-14)13(18)10-4-3-9-8-12(17)15-11(9)7-10/h3-4,7H,2,5-6,8,14H2,1H3,(H,15,17). The summed E-state index contributed by atoms with van der Waals surface area (Å²) in [6, 6.07) is 5.33. The average Bonchev–Trinajstić information content (AvgIpc) is 2.73. The largest absolute Gasteiger partial charge is 0.342 e. The number of carbonyl (C=O) groups is 2. The average molecular weight is 247 g/mol. The Kier molecular flexibility index (Phi) is 3.62. The van der Waals surface area contributed by atoms with E-state index in [1.807, 2.05) is 6.07 Å². The van der Waals surface area contributed by atoms with Crippen molar-refractivity contribution in [1.82, 2.24) is 4.90 Å². The smallest absolute Gasteiger partial charge is 0.253 e. The lowest BCUT2D eigenvalue weighted by molar-refractivity contribution is -0.115. The Morgan fingerprint density at radius 3 is 3.00 bits per heavy atom. The van der Waals surface area contributed by atoms with E-state index in [1.54, 1.807) is 24.1 Å². The van der Waals surface area contributed by atoms with Crippen LogP contribution in [0, 0.1) is 0 Å². The van der Waals surface area contributed by atoms with Crippen molar-refractivity contribution < 1.29 is 9.59 Å². The maximum absolute atomic E-state index is 12.1. The van der Waals surface area contributed by atoms with Crippen molar-refractivity contribution >= 4 is 17.5 Å². The van der Waals surface area contributed by atoms with Crippen LogP contribution in [0.4, 0.5) is 5.69 Å². The number of carbonyl (C=O) groups excluding carboxylic acids is 2. The van der Waals surface area contributed by atoms with Crippen LogP contribution in [0.15, 0.2) is 18.2 Å². The highest BCUT2D eigenvalue weighted by Gasteiger charge is 2.20. The minimum Gasteiger partial charge on any atom is -0.342 e. The highest BCUT2D eigenvalue weighted by molar-refractivity contribution is 6.02. The molecule has 1 aliphatic rings. The Labute approximate surface area is 106 Å². The number of rotatable bonds is 4. The van der Waals surface area contributed by atoms with Crippen LogP contribution in [-0.4, -0.2) is 36.9 Å². The Bertz CT molecular complexity index is 485. The summed E-state index contributed by atoms with van der Waals surface area (Å²) < 4.78 is 0. The van der Waals surface area contributed by atoms with Crippen LogP contribution in [0.2, 0.25) is 0 Å². The fourth-order valence-corrected chi connectivity index (χ4v) is 2.00. The summed E-state index contributed by atoms with van der Waals surface area (Å²) in [5.41, 5.74) is 7.71. The summed E-state index contributed by atoms with van der Waals surface area (Å²) in [5.74, 6) is -0.0708. The second-order valence-electron chi connectivity index (χ2n) is 4.47. The van der Waals surface area contributed by atoms with Crippen molar-refractivity contribution in [3.05, 3.63) is 29.3 Å². The van der Waals surface area contributed by atoms with Crippen LogP contribution in [-0.2, 0) is 11.2 Å². The molecule has 0 atom stereocenters. The summed E-state index contributed by atoms with van der Waals surface area (Å²) in [7, 11) is 1.75. The molecule has 0 fully saturated rings. The second kappa shape index (κ2) is 5.18. The molecule has 5 nitrogen and oxygen atoms in total. The zero-order chi connectivity index (χ0) is 13.1. The van der Waals surface area contributed by atoms with Crippen LogP contribution >= 0.6 is 0 Å². The van der Waals surface area contributed by atoms with Gasteiger partial charge in [-0.25, -0.2) is 0 Å². The molecule has 3 N–H and O–H groups in total. The van der Waals surface area contributed by atoms with E-state index in [9.17, 15) is 9.59 Å². The maximum atomic E-state index is 12.1. The van der Waals surface area contributed by atoms with Gasteiger partial charge in [-0.3, -0.25) is 9.59 Å². The lowest BCUT2D eigenvalue weighted by Gasteiger charge is -2.17. The molecule has 0 spiro atoms. The first-order chi connectivity index (χ1) is 8.61. The summed E-state index contributed by atoms with van der Waals surface area (Å²) in [4.78, 5) is 25.0. The Morgan fingerprint density at radius 1 is 1.50 bits per heavy atom. The van der Waals surface area contributed by atoms with Gasteiger partial charge in [0.1, 0.15) is 0 Å². The number of hydrogen-bond acceptors (Lipinski definition) is 3. The van der Waals surface area contributed by atoms with Gasteiger partial charge in [-0.05, 0) is 30.7 Å². The zero-order valence-electron chi connectivity index (χ0n) is 10.4. The van der Waals surface area contributed by atoms with E-state index in [2.05, 4.69) is 5.32 Å². The van der Waals surface area contributed by atoms with Crippen molar-refractivity contribution in [2.75, 3.05) is 25.5 Å². The van der Waals surface area contributed by atoms with E-state index in [-0.39, 0.29) is 11.8 Å². The molecular formula is C13H17N3O2. The molecule has 96 valence electrons. The van der Waals surface area contributed by atoms with Gasteiger partial charge < -0.3 is 16.0 Å². The lowest BCUT2D eigenvalue weighted by atomic mass is 10.1. The van der Waals surface area contributed by atoms with Crippen LogP contribution in [0.25, 0.3) is 0 Å². The predicted molar refractivity (Wildman–Crippen MR) is 69.4 cm³/mol. The molecule has 2 rings (SSSR count). The van der Waals surface area contributed by atoms with E-state index in [4.69, 9.17) is 5.73 Å². The molecule has 0 saturated heterocycles. The minimum atomic E-state index is -0.0487. The van der Waals surface area contributed by atoms with Crippen molar-refractivity contribution in [2.45, 2.75) is 12.8 Å². The lowest BCUT2D eigenvalue weighted by Crippen LogP contribution is -2.29. The molecule has 0 bridgehead atoms. The molecule has 18 heavy (non-hydrogen) atoms. The van der Waals surface area contributed by atoms with E-state index < -0.39 is 0 Å². The highest BCUT2D eigenvalue weighted by Crippen LogP contribution is 2.24. The SMILES string of the molecule is CN(CCCN)C(=O)c1ccc2c(c1)NC(=O)C2. The van der Waals surface area contributed by atoms with Gasteiger partial charge in [0, 0.05) is 24.8 Å². The van der Waals surface area contributed by atoms with Gasteiger partial charge in [0.2, 0.25) is 5.91 Å². The van der Waals surface area contributed by atoms with Gasteiger partial charge in [-0.15, -0.1) is 0 Å². The first-order valence-corrected chi connectivity index (χ1v) is 6.00. The zero-order valence-corrected chi connectivity index (χ0v) is 10.4. The van der Waals surface area contributed by atoms with Crippen LogP contribution < -0.4 is 11.1 Å². The van der Waals surface area contributed by atoms with Gasteiger partial charge in [0.15, 0.2) is 0 Å². The molecule has 5 heteroatoms. The summed E-state index contributed by atoms with van der Waals surface area (Å²) >= 11 is 0. The molecule has 1 aliphatic heterocycles. The summed E-state index contributed by atoms with van der Waals surface area (Å²) in [5, 5.41) is 2.75. The molecule has 0 aromatic heterocycles. The fraction of sp³-hybridized carbons (Fsp3) is 0.385. The second-order valence-corrected chi connectivity index (χ2v) is 4.47. The first-order valence-electron chi connectivity index (χ1n) is 6.00. The molecular weight excluding hydrogens is 230 g/mol. The number of nitrogens with one attached hydrogen (secondary N) is 1. The Morgan fingerprint density at radius 2 is 2.28 bits per heavy atom. The maximum Gasteiger partial charge on any atom is 0.253 e. The number of benzene rings is 1. The molecule has 0 radical (unpaired) electrons. The summed E-state index contributed by atoms with van der Waals surface area (Å²) in [6.45, 7) is 1.21. The molecule has 1 aromatic rings. The minimum absolute atomic E-state index is 0.0221. The van der Waals surface area contributed by atoms with Gasteiger partial charge >= 0.3 is 0 Å². The van der Waals surface area contributed by atoms with Crippen molar-refractivity contribution in [3.63, 3.8) is 0 Å². The Hall–Kier alpha value is -1.88. The monoisotopic (exact) mass is 247 g/mol.